The molecule has 0 radical (unpaired) electrons. The first-order valence-corrected chi connectivity index (χ1v) is 4.96. The molecule has 68 valence electrons. The van der Waals surface area contributed by atoms with Crippen LogP contribution in [0.4, 0.5) is 0 Å². The van der Waals surface area contributed by atoms with Gasteiger partial charge in [0.05, 0.1) is 6.10 Å². The molecular weight excluding hydrogens is 172 g/mol. The molecule has 0 aromatic carbocycles. The zero-order valence-corrected chi connectivity index (χ0v) is 8.17. The van der Waals surface area contributed by atoms with E-state index in [0.29, 0.717) is 0 Å². The van der Waals surface area contributed by atoms with Crippen LogP contribution < -0.4 is 0 Å². The van der Waals surface area contributed by atoms with E-state index in [-0.39, 0.29) is 6.10 Å². The first-order chi connectivity index (χ1) is 5.79. The summed E-state index contributed by atoms with van der Waals surface area (Å²) < 4.78 is 5.14. The molecule has 12 heavy (non-hydrogen) atoms. The molecule has 2 unspecified atom stereocenters. The van der Waals surface area contributed by atoms with Crippen LogP contribution >= 0.6 is 11.3 Å². The number of aliphatic hydroxyl groups excluding tert-OH is 1. The minimum Gasteiger partial charge on any atom is -0.386 e. The lowest BCUT2D eigenvalue weighted by Gasteiger charge is -2.18. The van der Waals surface area contributed by atoms with E-state index in [9.17, 15) is 5.11 Å². The van der Waals surface area contributed by atoms with Crippen molar-refractivity contribution in [2.45, 2.75) is 25.6 Å². The highest BCUT2D eigenvalue weighted by Gasteiger charge is 2.18. The summed E-state index contributed by atoms with van der Waals surface area (Å²) in [7, 11) is 1.63. The number of rotatable bonds is 4. The highest BCUT2D eigenvalue weighted by Crippen LogP contribution is 2.22. The quantitative estimate of drug-likeness (QED) is 0.781. The molecular formula is C9H14O2S. The van der Waals surface area contributed by atoms with Crippen LogP contribution in [0.1, 0.15) is 25.0 Å². The Morgan fingerprint density at radius 2 is 2.42 bits per heavy atom. The number of aliphatic hydroxyl groups is 1. The van der Waals surface area contributed by atoms with Gasteiger partial charge in [-0.2, -0.15) is 11.3 Å². The molecule has 0 aliphatic heterocycles. The van der Waals surface area contributed by atoms with Gasteiger partial charge < -0.3 is 9.84 Å². The highest BCUT2D eigenvalue weighted by atomic mass is 32.1. The standard InChI is InChI=1S/C9H14O2S/c1-3-8(11-2)9(10)7-4-5-12-6-7/h4-6,8-10H,3H2,1-2H3. The van der Waals surface area contributed by atoms with Crippen molar-refractivity contribution in [1.82, 2.24) is 0 Å². The van der Waals surface area contributed by atoms with E-state index >= 15 is 0 Å². The third-order valence-corrected chi connectivity index (χ3v) is 2.64. The van der Waals surface area contributed by atoms with Gasteiger partial charge in [0.2, 0.25) is 0 Å². The molecule has 0 aliphatic rings. The van der Waals surface area contributed by atoms with Crippen molar-refractivity contribution < 1.29 is 9.84 Å². The second-order valence-electron chi connectivity index (χ2n) is 2.68. The lowest BCUT2D eigenvalue weighted by molar-refractivity contribution is -0.0146. The van der Waals surface area contributed by atoms with Gasteiger partial charge >= 0.3 is 0 Å². The number of hydrogen-bond acceptors (Lipinski definition) is 3. The van der Waals surface area contributed by atoms with Gasteiger partial charge in [-0.15, -0.1) is 0 Å². The van der Waals surface area contributed by atoms with Crippen LogP contribution in [0.15, 0.2) is 16.8 Å². The third-order valence-electron chi connectivity index (χ3n) is 1.94. The lowest BCUT2D eigenvalue weighted by Crippen LogP contribution is -2.19. The number of ether oxygens (including phenoxy) is 1. The van der Waals surface area contributed by atoms with Gasteiger partial charge in [-0.3, -0.25) is 0 Å². The van der Waals surface area contributed by atoms with Crippen LogP contribution in [0.2, 0.25) is 0 Å². The Bertz CT molecular complexity index is 204. The van der Waals surface area contributed by atoms with Gasteiger partial charge in [-0.25, -0.2) is 0 Å². The molecule has 1 rings (SSSR count). The van der Waals surface area contributed by atoms with Crippen molar-refractivity contribution in [3.8, 4) is 0 Å². The van der Waals surface area contributed by atoms with Gasteiger partial charge in [0, 0.05) is 7.11 Å². The molecule has 0 saturated heterocycles. The highest BCUT2D eigenvalue weighted by molar-refractivity contribution is 7.07. The summed E-state index contributed by atoms with van der Waals surface area (Å²) in [6, 6.07) is 1.93. The van der Waals surface area contributed by atoms with Gasteiger partial charge in [0.1, 0.15) is 6.10 Å². The normalized spacial score (nSPS) is 15.9. The molecule has 0 spiro atoms. The van der Waals surface area contributed by atoms with Gasteiger partial charge in [0.15, 0.2) is 0 Å². The monoisotopic (exact) mass is 186 g/mol. The lowest BCUT2D eigenvalue weighted by atomic mass is 10.1. The molecule has 0 aliphatic carbocycles. The summed E-state index contributed by atoms with van der Waals surface area (Å²) in [5.41, 5.74) is 0.953. The molecule has 2 nitrogen and oxygen atoms in total. The van der Waals surface area contributed by atoms with E-state index in [4.69, 9.17) is 4.74 Å². The molecule has 1 aromatic rings. The maximum Gasteiger partial charge on any atom is 0.106 e. The molecule has 1 aromatic heterocycles. The van der Waals surface area contributed by atoms with Crippen LogP contribution in [0.3, 0.4) is 0 Å². The number of methoxy groups -OCH3 is 1. The van der Waals surface area contributed by atoms with Crippen LogP contribution in [-0.4, -0.2) is 18.3 Å². The van der Waals surface area contributed by atoms with Gasteiger partial charge in [-0.05, 0) is 28.8 Å². The summed E-state index contributed by atoms with van der Waals surface area (Å²) in [4.78, 5) is 0. The Morgan fingerprint density at radius 3 is 2.83 bits per heavy atom. The Hall–Kier alpha value is -0.380. The zero-order chi connectivity index (χ0) is 8.97. The Kier molecular flexibility index (Phi) is 3.72. The Balaban J connectivity index is 2.63. The van der Waals surface area contributed by atoms with Crippen molar-refractivity contribution >= 4 is 11.3 Å². The van der Waals surface area contributed by atoms with Crippen LogP contribution in [0.5, 0.6) is 0 Å². The summed E-state index contributed by atoms with van der Waals surface area (Å²) >= 11 is 1.59. The zero-order valence-electron chi connectivity index (χ0n) is 7.36. The molecule has 2 atom stereocenters. The molecule has 0 saturated carbocycles. The first-order valence-electron chi connectivity index (χ1n) is 4.02. The second kappa shape index (κ2) is 4.60. The van der Waals surface area contributed by atoms with Crippen molar-refractivity contribution in [1.29, 1.82) is 0 Å². The average Bonchev–Trinajstić information content (AvgIpc) is 2.58. The van der Waals surface area contributed by atoms with Gasteiger partial charge in [-0.1, -0.05) is 6.92 Å². The van der Waals surface area contributed by atoms with E-state index in [0.717, 1.165) is 12.0 Å². The smallest absolute Gasteiger partial charge is 0.106 e. The van der Waals surface area contributed by atoms with E-state index in [1.807, 2.05) is 23.8 Å². The summed E-state index contributed by atoms with van der Waals surface area (Å²) in [5, 5.41) is 13.7. The molecule has 0 amide bonds. The van der Waals surface area contributed by atoms with Crippen molar-refractivity contribution in [3.05, 3.63) is 22.4 Å². The fourth-order valence-electron chi connectivity index (χ4n) is 1.18. The summed E-state index contributed by atoms with van der Waals surface area (Å²) in [5.74, 6) is 0. The molecule has 1 heterocycles. The minimum atomic E-state index is -0.480. The van der Waals surface area contributed by atoms with E-state index in [2.05, 4.69) is 0 Å². The molecule has 0 bridgehead atoms. The molecule has 0 fully saturated rings. The van der Waals surface area contributed by atoms with Crippen molar-refractivity contribution in [3.63, 3.8) is 0 Å². The topological polar surface area (TPSA) is 29.5 Å². The maximum atomic E-state index is 9.75. The maximum absolute atomic E-state index is 9.75. The van der Waals surface area contributed by atoms with Gasteiger partial charge in [0.25, 0.3) is 0 Å². The van der Waals surface area contributed by atoms with Crippen LogP contribution in [-0.2, 0) is 4.74 Å². The first kappa shape index (κ1) is 9.71. The number of thiophene rings is 1. The van der Waals surface area contributed by atoms with E-state index < -0.39 is 6.10 Å². The fraction of sp³-hybridized carbons (Fsp3) is 0.556. The predicted octanol–water partition coefficient (Wildman–Crippen LogP) is 2.21. The Labute approximate surface area is 76.8 Å². The second-order valence-corrected chi connectivity index (χ2v) is 3.46. The van der Waals surface area contributed by atoms with Crippen molar-refractivity contribution in [2.75, 3.05) is 7.11 Å². The largest absolute Gasteiger partial charge is 0.386 e. The molecule has 3 heteroatoms. The Morgan fingerprint density at radius 1 is 1.67 bits per heavy atom. The van der Waals surface area contributed by atoms with E-state index in [1.54, 1.807) is 18.4 Å². The summed E-state index contributed by atoms with van der Waals surface area (Å²) in [6.07, 6.45) is 0.263. The SMILES string of the molecule is CCC(OC)C(O)c1ccsc1. The number of hydrogen-bond donors (Lipinski definition) is 1. The van der Waals surface area contributed by atoms with Crippen molar-refractivity contribution in [2.24, 2.45) is 0 Å². The van der Waals surface area contributed by atoms with Crippen LogP contribution in [0.25, 0.3) is 0 Å². The fourth-order valence-corrected chi connectivity index (χ4v) is 1.87. The summed E-state index contributed by atoms with van der Waals surface area (Å²) in [6.45, 7) is 2.00. The average molecular weight is 186 g/mol. The minimum absolute atomic E-state index is 0.0837. The van der Waals surface area contributed by atoms with E-state index in [1.165, 1.54) is 0 Å². The third kappa shape index (κ3) is 2.06. The predicted molar refractivity (Wildman–Crippen MR) is 50.4 cm³/mol. The van der Waals surface area contributed by atoms with Crippen LogP contribution in [0, 0.1) is 0 Å². The molecule has 1 N–H and O–H groups in total.